The summed E-state index contributed by atoms with van der Waals surface area (Å²) in [7, 11) is 0. The first-order valence-corrected chi connectivity index (χ1v) is 8.62. The fraction of sp³-hybridized carbons (Fsp3) is 0.316. The van der Waals surface area contributed by atoms with Crippen LogP contribution in [0.2, 0.25) is 0 Å². The molecule has 1 amide bonds. The van der Waals surface area contributed by atoms with E-state index in [1.807, 2.05) is 42.5 Å². The highest BCUT2D eigenvalue weighted by Gasteiger charge is 2.18. The molecule has 4 heteroatoms. The van der Waals surface area contributed by atoms with Gasteiger partial charge in [-0.15, -0.1) is 0 Å². The van der Waals surface area contributed by atoms with Crippen LogP contribution in [-0.4, -0.2) is 12.0 Å². The molecule has 0 fully saturated rings. The Morgan fingerprint density at radius 1 is 1.13 bits per heavy atom. The number of benzene rings is 2. The minimum atomic E-state index is -0.566. The fourth-order valence-corrected chi connectivity index (χ4v) is 2.50. The Kier molecular flexibility index (Phi) is 6.22. The molecule has 122 valence electrons. The van der Waals surface area contributed by atoms with Crippen molar-refractivity contribution in [3.05, 3.63) is 58.6 Å². The van der Waals surface area contributed by atoms with Crippen molar-refractivity contribution in [1.29, 1.82) is 0 Å². The lowest BCUT2D eigenvalue weighted by molar-refractivity contribution is -0.122. The lowest BCUT2D eigenvalue weighted by Gasteiger charge is -2.19. The van der Waals surface area contributed by atoms with E-state index in [0.29, 0.717) is 5.92 Å². The average molecular weight is 376 g/mol. The van der Waals surface area contributed by atoms with Crippen LogP contribution >= 0.6 is 15.9 Å². The van der Waals surface area contributed by atoms with Gasteiger partial charge in [0.05, 0.1) is 0 Å². The number of hydrogen-bond acceptors (Lipinski definition) is 2. The smallest absolute Gasteiger partial charge is 0.265 e. The van der Waals surface area contributed by atoms with Crippen molar-refractivity contribution in [1.82, 2.24) is 0 Å². The van der Waals surface area contributed by atoms with Gasteiger partial charge in [-0.25, -0.2) is 0 Å². The summed E-state index contributed by atoms with van der Waals surface area (Å²) in [4.78, 5) is 12.3. The Hall–Kier alpha value is -1.81. The molecule has 3 nitrogen and oxygen atoms in total. The molecule has 2 atom stereocenters. The lowest BCUT2D eigenvalue weighted by Crippen LogP contribution is -2.30. The largest absolute Gasteiger partial charge is 0.481 e. The number of hydrogen-bond donors (Lipinski definition) is 1. The molecular weight excluding hydrogens is 354 g/mol. The topological polar surface area (TPSA) is 38.3 Å². The minimum Gasteiger partial charge on any atom is -0.481 e. The molecule has 0 radical (unpaired) electrons. The molecule has 2 rings (SSSR count). The Morgan fingerprint density at radius 3 is 2.43 bits per heavy atom. The molecule has 0 heterocycles. The van der Waals surface area contributed by atoms with Gasteiger partial charge in [0, 0.05) is 10.2 Å². The molecule has 0 aromatic heterocycles. The number of anilines is 1. The van der Waals surface area contributed by atoms with E-state index < -0.39 is 6.10 Å². The number of rotatable bonds is 6. The van der Waals surface area contributed by atoms with Crippen LogP contribution < -0.4 is 10.1 Å². The van der Waals surface area contributed by atoms with Crippen molar-refractivity contribution in [2.75, 3.05) is 5.32 Å². The van der Waals surface area contributed by atoms with Gasteiger partial charge >= 0.3 is 0 Å². The molecular formula is C19H22BrNO2. The average Bonchev–Trinajstić information content (AvgIpc) is 2.56. The highest BCUT2D eigenvalue weighted by atomic mass is 79.9. The van der Waals surface area contributed by atoms with E-state index in [4.69, 9.17) is 4.74 Å². The Morgan fingerprint density at radius 2 is 1.78 bits per heavy atom. The summed E-state index contributed by atoms with van der Waals surface area (Å²) in [6, 6.07) is 15.4. The summed E-state index contributed by atoms with van der Waals surface area (Å²) < 4.78 is 6.88. The van der Waals surface area contributed by atoms with Gasteiger partial charge < -0.3 is 10.1 Å². The second-order valence-electron chi connectivity index (χ2n) is 5.60. The van der Waals surface area contributed by atoms with Crippen LogP contribution in [0.3, 0.4) is 0 Å². The van der Waals surface area contributed by atoms with E-state index in [-0.39, 0.29) is 5.91 Å². The van der Waals surface area contributed by atoms with Gasteiger partial charge in [0.15, 0.2) is 6.10 Å². The van der Waals surface area contributed by atoms with Gasteiger partial charge in [-0.05, 0) is 55.2 Å². The Labute approximate surface area is 146 Å². The van der Waals surface area contributed by atoms with Crippen molar-refractivity contribution in [2.24, 2.45) is 0 Å². The first-order valence-electron chi connectivity index (χ1n) is 7.83. The number of nitrogens with one attached hydrogen (secondary N) is 1. The molecule has 0 aliphatic rings. The van der Waals surface area contributed by atoms with Crippen molar-refractivity contribution in [3.63, 3.8) is 0 Å². The number of carbonyl (C=O) groups excluding carboxylic acids is 1. The number of ether oxygens (including phenoxy) is 1. The number of para-hydroxylation sites is 1. The minimum absolute atomic E-state index is 0.161. The van der Waals surface area contributed by atoms with E-state index in [1.165, 1.54) is 0 Å². The molecule has 0 saturated heterocycles. The highest BCUT2D eigenvalue weighted by Crippen LogP contribution is 2.29. The maximum absolute atomic E-state index is 12.3. The number of carbonyl (C=O) groups is 1. The zero-order valence-corrected chi connectivity index (χ0v) is 15.3. The van der Waals surface area contributed by atoms with Gasteiger partial charge in [-0.1, -0.05) is 48.0 Å². The zero-order chi connectivity index (χ0) is 16.8. The van der Waals surface area contributed by atoms with Crippen molar-refractivity contribution in [3.8, 4) is 5.75 Å². The quantitative estimate of drug-likeness (QED) is 0.736. The third kappa shape index (κ3) is 4.83. The van der Waals surface area contributed by atoms with E-state index in [1.54, 1.807) is 6.92 Å². The third-order valence-corrected chi connectivity index (χ3v) is 4.38. The predicted molar refractivity (Wildman–Crippen MR) is 98.0 cm³/mol. The maximum Gasteiger partial charge on any atom is 0.265 e. The van der Waals surface area contributed by atoms with Gasteiger partial charge in [0.25, 0.3) is 5.91 Å². The van der Waals surface area contributed by atoms with Crippen LogP contribution in [-0.2, 0) is 4.79 Å². The van der Waals surface area contributed by atoms with Crippen LogP contribution in [0.4, 0.5) is 5.69 Å². The van der Waals surface area contributed by atoms with E-state index >= 15 is 0 Å². The molecule has 0 saturated carbocycles. The summed E-state index contributed by atoms with van der Waals surface area (Å²) >= 11 is 3.38. The van der Waals surface area contributed by atoms with Crippen molar-refractivity contribution in [2.45, 2.75) is 39.2 Å². The Bertz CT molecular complexity index is 655. The lowest BCUT2D eigenvalue weighted by atomic mass is 9.98. The molecule has 2 aromatic rings. The number of amides is 1. The molecule has 2 unspecified atom stereocenters. The Balaban J connectivity index is 2.05. The second kappa shape index (κ2) is 8.16. The third-order valence-electron chi connectivity index (χ3n) is 3.85. The normalized spacial score (nSPS) is 13.2. The molecule has 0 bridgehead atoms. The van der Waals surface area contributed by atoms with Crippen molar-refractivity contribution >= 4 is 27.5 Å². The summed E-state index contributed by atoms with van der Waals surface area (Å²) in [6.45, 7) is 6.07. The van der Waals surface area contributed by atoms with E-state index in [9.17, 15) is 4.79 Å². The van der Waals surface area contributed by atoms with Crippen LogP contribution in [0, 0.1) is 0 Å². The van der Waals surface area contributed by atoms with Gasteiger partial charge in [-0.3, -0.25) is 4.79 Å². The standard InChI is InChI=1S/C19H22BrNO2/c1-4-13(2)17-7-5-6-8-18(17)23-14(3)19(22)21-16-11-9-15(20)10-12-16/h5-14H,4H2,1-3H3,(H,21,22). The van der Waals surface area contributed by atoms with E-state index in [0.717, 1.165) is 27.9 Å². The van der Waals surface area contributed by atoms with E-state index in [2.05, 4.69) is 41.2 Å². The SMILES string of the molecule is CCC(C)c1ccccc1OC(C)C(=O)Nc1ccc(Br)cc1. The summed E-state index contributed by atoms with van der Waals surface area (Å²) in [5, 5.41) is 2.87. The molecule has 0 spiro atoms. The van der Waals surface area contributed by atoms with Crippen LogP contribution in [0.1, 0.15) is 38.7 Å². The molecule has 23 heavy (non-hydrogen) atoms. The van der Waals surface area contributed by atoms with Crippen LogP contribution in [0.15, 0.2) is 53.0 Å². The van der Waals surface area contributed by atoms with Gasteiger partial charge in [0.1, 0.15) is 5.75 Å². The highest BCUT2D eigenvalue weighted by molar-refractivity contribution is 9.10. The molecule has 2 aromatic carbocycles. The maximum atomic E-state index is 12.3. The molecule has 0 aliphatic carbocycles. The fourth-order valence-electron chi connectivity index (χ4n) is 2.24. The van der Waals surface area contributed by atoms with Crippen LogP contribution in [0.5, 0.6) is 5.75 Å². The zero-order valence-electron chi connectivity index (χ0n) is 13.7. The molecule has 1 N–H and O–H groups in total. The van der Waals surface area contributed by atoms with Crippen LogP contribution in [0.25, 0.3) is 0 Å². The van der Waals surface area contributed by atoms with Gasteiger partial charge in [0.2, 0.25) is 0 Å². The summed E-state index contributed by atoms with van der Waals surface area (Å²) in [5.74, 6) is 1.01. The predicted octanol–water partition coefficient (Wildman–Crippen LogP) is 5.37. The van der Waals surface area contributed by atoms with Gasteiger partial charge in [-0.2, -0.15) is 0 Å². The summed E-state index contributed by atoms with van der Waals surface area (Å²) in [5.41, 5.74) is 1.89. The van der Waals surface area contributed by atoms with Crippen molar-refractivity contribution < 1.29 is 9.53 Å². The number of halogens is 1. The first kappa shape index (κ1) is 17.5. The monoisotopic (exact) mass is 375 g/mol. The second-order valence-corrected chi connectivity index (χ2v) is 6.52. The summed E-state index contributed by atoms with van der Waals surface area (Å²) in [6.07, 6.45) is 0.462. The molecule has 0 aliphatic heterocycles. The first-order chi connectivity index (χ1) is 11.0.